The predicted octanol–water partition coefficient (Wildman–Crippen LogP) is 0.587. The van der Waals surface area contributed by atoms with Gasteiger partial charge in [0.05, 0.1) is 6.20 Å². The molecule has 0 aromatic carbocycles. The number of aromatic nitrogens is 1. The van der Waals surface area contributed by atoms with Gasteiger partial charge in [0, 0.05) is 13.0 Å². The number of nitrogens with one attached hydrogen (secondary N) is 1. The van der Waals surface area contributed by atoms with E-state index in [2.05, 4.69) is 5.32 Å². The Bertz CT molecular complexity index is 310. The van der Waals surface area contributed by atoms with Gasteiger partial charge in [0.2, 0.25) is 0 Å². The molecule has 1 N–H and O–H groups in total. The van der Waals surface area contributed by atoms with E-state index in [0.29, 0.717) is 4.73 Å². The van der Waals surface area contributed by atoms with Crippen LogP contribution in [-0.2, 0) is 4.79 Å². The van der Waals surface area contributed by atoms with Crippen molar-refractivity contribution in [1.29, 1.82) is 0 Å². The van der Waals surface area contributed by atoms with E-state index in [1.54, 1.807) is 12.1 Å². The lowest BCUT2D eigenvalue weighted by Gasteiger charge is -2.06. The predicted molar refractivity (Wildman–Crippen MR) is 44.4 cm³/mol. The van der Waals surface area contributed by atoms with Crippen LogP contribution in [0.1, 0.15) is 12.5 Å². The number of carbonyl (C=O) groups is 1. The van der Waals surface area contributed by atoms with Crippen molar-refractivity contribution in [3.63, 3.8) is 0 Å². The molecular weight excluding hydrogens is 156 g/mol. The van der Waals surface area contributed by atoms with E-state index in [9.17, 15) is 10.0 Å². The molecule has 0 aliphatic heterocycles. The van der Waals surface area contributed by atoms with Crippen molar-refractivity contribution < 1.29 is 9.52 Å². The van der Waals surface area contributed by atoms with Gasteiger partial charge in [0.25, 0.3) is 5.82 Å². The van der Waals surface area contributed by atoms with Crippen molar-refractivity contribution in [2.45, 2.75) is 13.8 Å². The molecule has 4 heteroatoms. The fourth-order valence-corrected chi connectivity index (χ4v) is 0.864. The smallest absolute Gasteiger partial charge is 0.304 e. The highest BCUT2D eigenvalue weighted by atomic mass is 16.5. The van der Waals surface area contributed by atoms with Crippen LogP contribution in [0, 0.1) is 12.1 Å². The average Bonchev–Trinajstić information content (AvgIpc) is 1.96. The van der Waals surface area contributed by atoms with Crippen LogP contribution in [-0.4, -0.2) is 5.91 Å². The number of pyridine rings is 1. The minimum absolute atomic E-state index is 0.245. The molecule has 12 heavy (non-hydrogen) atoms. The first-order chi connectivity index (χ1) is 5.59. The van der Waals surface area contributed by atoms with Crippen molar-refractivity contribution in [2.24, 2.45) is 0 Å². The maximum Gasteiger partial charge on any atom is 0.304 e. The summed E-state index contributed by atoms with van der Waals surface area (Å²) in [5.74, 6) is 0.0210. The first-order valence-electron chi connectivity index (χ1n) is 3.57. The molecule has 1 aromatic rings. The Labute approximate surface area is 70.4 Å². The molecule has 0 radical (unpaired) electrons. The normalized spacial score (nSPS) is 9.50. The summed E-state index contributed by atoms with van der Waals surface area (Å²) in [6, 6.07) is 3.30. The fraction of sp³-hybridized carbons (Fsp3) is 0.250. The van der Waals surface area contributed by atoms with Crippen molar-refractivity contribution >= 4 is 11.7 Å². The minimum atomic E-state index is -0.245. The Hall–Kier alpha value is -1.58. The topological polar surface area (TPSA) is 56.0 Å². The summed E-state index contributed by atoms with van der Waals surface area (Å²) in [4.78, 5) is 10.6. The van der Waals surface area contributed by atoms with Gasteiger partial charge in [0.1, 0.15) is 0 Å². The van der Waals surface area contributed by atoms with Gasteiger partial charge in [-0.3, -0.25) is 0 Å². The van der Waals surface area contributed by atoms with Crippen molar-refractivity contribution in [3.05, 3.63) is 29.1 Å². The molecule has 0 bridgehead atoms. The van der Waals surface area contributed by atoms with Gasteiger partial charge >= 0.3 is 5.91 Å². The monoisotopic (exact) mass is 166 g/mol. The van der Waals surface area contributed by atoms with Crippen LogP contribution < -0.4 is 10.0 Å². The Balaban J connectivity index is 2.97. The van der Waals surface area contributed by atoms with E-state index in [1.165, 1.54) is 13.1 Å². The first kappa shape index (κ1) is 8.52. The van der Waals surface area contributed by atoms with Crippen LogP contribution in [0.4, 0.5) is 5.82 Å². The number of rotatable bonds is 1. The number of aryl methyl sites for hydroxylation is 1. The van der Waals surface area contributed by atoms with Crippen molar-refractivity contribution in [1.82, 2.24) is 0 Å². The third-order valence-corrected chi connectivity index (χ3v) is 1.38. The van der Waals surface area contributed by atoms with Gasteiger partial charge in [-0.25, -0.2) is 14.8 Å². The molecule has 1 rings (SSSR count). The molecule has 0 saturated carbocycles. The number of hydrogen-bond acceptors (Lipinski definition) is 2. The Kier molecular flexibility index (Phi) is 2.28. The zero-order valence-corrected chi connectivity index (χ0v) is 7.00. The Morgan fingerprint density at radius 1 is 1.67 bits per heavy atom. The zero-order valence-electron chi connectivity index (χ0n) is 7.00. The maximum absolute atomic E-state index is 11.0. The van der Waals surface area contributed by atoms with E-state index < -0.39 is 0 Å². The standard InChI is InChI=1S/C8H10N2O2/c1-6-3-4-10(12)8(5-6)9-7(2)11/h3-5H,1-2H3,(H,9,11). The van der Waals surface area contributed by atoms with Gasteiger partial charge < -0.3 is 5.21 Å². The molecule has 0 spiro atoms. The minimum Gasteiger partial charge on any atom is -0.711 e. The van der Waals surface area contributed by atoms with Crippen LogP contribution in [0.25, 0.3) is 0 Å². The molecule has 4 nitrogen and oxygen atoms in total. The molecule has 64 valence electrons. The van der Waals surface area contributed by atoms with Crippen LogP contribution in [0.3, 0.4) is 0 Å². The molecule has 1 heterocycles. The maximum atomic E-state index is 11.0. The van der Waals surface area contributed by atoms with Gasteiger partial charge in [-0.2, -0.15) is 0 Å². The highest BCUT2D eigenvalue weighted by Crippen LogP contribution is 2.02. The van der Waals surface area contributed by atoms with Crippen molar-refractivity contribution in [2.75, 3.05) is 5.32 Å². The second kappa shape index (κ2) is 3.21. The molecule has 0 fully saturated rings. The molecule has 1 aromatic heterocycles. The molecular formula is C8H10N2O2. The van der Waals surface area contributed by atoms with Gasteiger partial charge in [0.15, 0.2) is 0 Å². The highest BCUT2D eigenvalue weighted by Gasteiger charge is 2.05. The molecule has 0 saturated heterocycles. The van der Waals surface area contributed by atoms with E-state index in [0.717, 1.165) is 5.56 Å². The molecule has 0 aliphatic carbocycles. The molecule has 0 atom stereocenters. The van der Waals surface area contributed by atoms with E-state index in [-0.39, 0.29) is 11.7 Å². The van der Waals surface area contributed by atoms with E-state index in [4.69, 9.17) is 0 Å². The Morgan fingerprint density at radius 2 is 2.33 bits per heavy atom. The Morgan fingerprint density at radius 3 is 2.92 bits per heavy atom. The molecule has 1 amide bonds. The third kappa shape index (κ3) is 1.95. The first-order valence-corrected chi connectivity index (χ1v) is 3.57. The van der Waals surface area contributed by atoms with E-state index in [1.807, 2.05) is 6.92 Å². The second-order valence-electron chi connectivity index (χ2n) is 2.60. The summed E-state index contributed by atoms with van der Waals surface area (Å²) in [6.07, 6.45) is 1.36. The summed E-state index contributed by atoms with van der Waals surface area (Å²) in [5.41, 5.74) is 0.936. The molecule has 0 aliphatic rings. The van der Waals surface area contributed by atoms with Gasteiger partial charge in [-0.1, -0.05) is 0 Å². The van der Waals surface area contributed by atoms with Crippen LogP contribution in [0.5, 0.6) is 0 Å². The second-order valence-corrected chi connectivity index (χ2v) is 2.60. The summed E-state index contributed by atoms with van der Waals surface area (Å²) < 4.78 is 0.619. The van der Waals surface area contributed by atoms with Crippen LogP contribution >= 0.6 is 0 Å². The SMILES string of the molecule is CC(=O)Nc1cc(C)cc[n+]1[O-]. The van der Waals surface area contributed by atoms with Crippen LogP contribution in [0.15, 0.2) is 18.3 Å². The molecule has 0 unspecified atom stereocenters. The zero-order chi connectivity index (χ0) is 9.14. The highest BCUT2D eigenvalue weighted by molar-refractivity contribution is 5.86. The van der Waals surface area contributed by atoms with Crippen LogP contribution in [0.2, 0.25) is 0 Å². The number of nitrogens with zero attached hydrogens (tertiary/aromatic N) is 1. The summed E-state index contributed by atoms with van der Waals surface area (Å²) in [5, 5.41) is 13.4. The third-order valence-electron chi connectivity index (χ3n) is 1.38. The largest absolute Gasteiger partial charge is 0.711 e. The quantitative estimate of drug-likeness (QED) is 0.490. The average molecular weight is 166 g/mol. The summed E-state index contributed by atoms with van der Waals surface area (Å²) in [7, 11) is 0. The number of anilines is 1. The number of amides is 1. The summed E-state index contributed by atoms with van der Waals surface area (Å²) >= 11 is 0. The number of carbonyl (C=O) groups excluding carboxylic acids is 1. The fourth-order valence-electron chi connectivity index (χ4n) is 0.864. The van der Waals surface area contributed by atoms with E-state index >= 15 is 0 Å². The lowest BCUT2D eigenvalue weighted by molar-refractivity contribution is -0.590. The van der Waals surface area contributed by atoms with Crippen molar-refractivity contribution in [3.8, 4) is 0 Å². The number of hydrogen-bond donors (Lipinski definition) is 1. The lowest BCUT2D eigenvalue weighted by atomic mass is 10.3. The lowest BCUT2D eigenvalue weighted by Crippen LogP contribution is -2.31. The van der Waals surface area contributed by atoms with Gasteiger partial charge in [-0.05, 0) is 18.6 Å². The summed E-state index contributed by atoms with van der Waals surface area (Å²) in [6.45, 7) is 3.22. The van der Waals surface area contributed by atoms with Gasteiger partial charge in [-0.15, -0.1) is 0 Å².